The highest BCUT2D eigenvalue weighted by Crippen LogP contribution is 2.33. The highest BCUT2D eigenvalue weighted by Gasteiger charge is 2.34. The maximum Gasteiger partial charge on any atom is 0.258 e. The lowest BCUT2D eigenvalue weighted by Crippen LogP contribution is -2.29. The summed E-state index contributed by atoms with van der Waals surface area (Å²) in [7, 11) is 0. The molecule has 0 aliphatic rings. The van der Waals surface area contributed by atoms with Crippen molar-refractivity contribution in [2.45, 2.75) is 39.2 Å². The summed E-state index contributed by atoms with van der Waals surface area (Å²) in [4.78, 5) is 4.48. The van der Waals surface area contributed by atoms with E-state index in [1.165, 1.54) is 0 Å². The molecule has 114 valence electrons. The third kappa shape index (κ3) is 3.04. The summed E-state index contributed by atoms with van der Waals surface area (Å²) in [6.45, 7) is 6.66. The summed E-state index contributed by atoms with van der Waals surface area (Å²) >= 11 is 6.03. The molecular weight excluding hydrogens is 290 g/mol. The molecule has 0 unspecified atom stereocenters. The van der Waals surface area contributed by atoms with Crippen LogP contribution in [0.5, 0.6) is 0 Å². The number of hydrogen-bond donors (Lipinski definition) is 1. The van der Waals surface area contributed by atoms with Gasteiger partial charge in [-0.05, 0) is 38.0 Å². The number of nitrogens with two attached hydrogens (primary N) is 1. The van der Waals surface area contributed by atoms with E-state index in [1.807, 2.05) is 6.92 Å². The van der Waals surface area contributed by atoms with Gasteiger partial charge in [0.05, 0.1) is 10.7 Å². The first-order chi connectivity index (χ1) is 10.1. The molecule has 0 fully saturated rings. The van der Waals surface area contributed by atoms with E-state index in [4.69, 9.17) is 26.6 Å². The minimum atomic E-state index is -0.506. The van der Waals surface area contributed by atoms with Gasteiger partial charge in [-0.1, -0.05) is 30.6 Å². The van der Waals surface area contributed by atoms with Gasteiger partial charge in [0.15, 0.2) is 0 Å². The lowest BCUT2D eigenvalue weighted by atomic mass is 9.96. The van der Waals surface area contributed by atoms with Crippen molar-refractivity contribution in [2.24, 2.45) is 0 Å². The zero-order chi connectivity index (χ0) is 15.5. The van der Waals surface area contributed by atoms with Crippen LogP contribution in [0.4, 0.5) is 5.69 Å². The zero-order valence-electron chi connectivity index (χ0n) is 12.5. The van der Waals surface area contributed by atoms with E-state index in [0.717, 1.165) is 18.4 Å². The Morgan fingerprint density at radius 2 is 2.00 bits per heavy atom. The smallest absolute Gasteiger partial charge is 0.258 e. The number of anilines is 1. The first-order valence-corrected chi connectivity index (χ1v) is 7.47. The highest BCUT2D eigenvalue weighted by atomic mass is 35.5. The number of ether oxygens (including phenoxy) is 1. The molecule has 1 aromatic carbocycles. The number of benzene rings is 1. The van der Waals surface area contributed by atoms with Gasteiger partial charge in [-0.2, -0.15) is 4.98 Å². The van der Waals surface area contributed by atoms with E-state index in [0.29, 0.717) is 29.0 Å². The summed E-state index contributed by atoms with van der Waals surface area (Å²) in [5.41, 5.74) is 6.46. The molecular formula is C15H20ClN3O2. The Hall–Kier alpha value is -1.59. The summed E-state index contributed by atoms with van der Waals surface area (Å²) in [6, 6.07) is 5.24. The normalized spacial score (nSPS) is 11.8. The van der Waals surface area contributed by atoms with Crippen molar-refractivity contribution >= 4 is 17.3 Å². The summed E-state index contributed by atoms with van der Waals surface area (Å²) in [6.07, 6.45) is 1.55. The summed E-state index contributed by atoms with van der Waals surface area (Å²) in [5, 5.41) is 4.56. The van der Waals surface area contributed by atoms with E-state index in [1.54, 1.807) is 18.2 Å². The Labute approximate surface area is 129 Å². The molecule has 0 saturated carbocycles. The minimum Gasteiger partial charge on any atom is -0.398 e. The molecule has 0 atom stereocenters. The predicted octanol–water partition coefficient (Wildman–Crippen LogP) is 4.02. The monoisotopic (exact) mass is 309 g/mol. The van der Waals surface area contributed by atoms with Gasteiger partial charge in [0, 0.05) is 12.2 Å². The second-order valence-electron chi connectivity index (χ2n) is 4.79. The third-order valence-corrected chi connectivity index (χ3v) is 3.97. The third-order valence-electron chi connectivity index (χ3n) is 3.64. The average Bonchev–Trinajstić information content (AvgIpc) is 2.98. The van der Waals surface area contributed by atoms with E-state index >= 15 is 0 Å². The van der Waals surface area contributed by atoms with Crippen LogP contribution >= 0.6 is 11.6 Å². The molecule has 5 nitrogen and oxygen atoms in total. The average molecular weight is 310 g/mol. The molecule has 0 radical (unpaired) electrons. The van der Waals surface area contributed by atoms with Crippen LogP contribution in [0.2, 0.25) is 5.02 Å². The van der Waals surface area contributed by atoms with Gasteiger partial charge in [0.25, 0.3) is 5.89 Å². The molecule has 1 heterocycles. The number of nitrogens with zero attached hydrogens (tertiary/aromatic N) is 2. The van der Waals surface area contributed by atoms with Crippen molar-refractivity contribution in [3.63, 3.8) is 0 Å². The zero-order valence-corrected chi connectivity index (χ0v) is 13.3. The number of aromatic nitrogens is 2. The SMILES string of the molecule is CCOC(CC)(CC)c1noc(-c2ccc(N)c(Cl)c2)n1. The molecule has 0 bridgehead atoms. The quantitative estimate of drug-likeness (QED) is 0.816. The van der Waals surface area contributed by atoms with Crippen molar-refractivity contribution in [2.75, 3.05) is 12.3 Å². The fourth-order valence-electron chi connectivity index (χ4n) is 2.30. The van der Waals surface area contributed by atoms with Crippen LogP contribution in [0.15, 0.2) is 22.7 Å². The molecule has 0 aliphatic heterocycles. The molecule has 6 heteroatoms. The van der Waals surface area contributed by atoms with Crippen LogP contribution < -0.4 is 5.73 Å². The maximum absolute atomic E-state index is 6.03. The Morgan fingerprint density at radius 1 is 1.29 bits per heavy atom. The molecule has 2 rings (SSSR count). The fourth-order valence-corrected chi connectivity index (χ4v) is 2.48. The molecule has 0 amide bonds. The van der Waals surface area contributed by atoms with Crippen LogP contribution in [0.1, 0.15) is 39.4 Å². The van der Waals surface area contributed by atoms with Crippen LogP contribution in [0, 0.1) is 0 Å². The van der Waals surface area contributed by atoms with E-state index in [-0.39, 0.29) is 0 Å². The van der Waals surface area contributed by atoms with E-state index in [2.05, 4.69) is 24.0 Å². The van der Waals surface area contributed by atoms with Crippen molar-refractivity contribution < 1.29 is 9.26 Å². The molecule has 0 aliphatic carbocycles. The first-order valence-electron chi connectivity index (χ1n) is 7.09. The lowest BCUT2D eigenvalue weighted by Gasteiger charge is -2.27. The molecule has 21 heavy (non-hydrogen) atoms. The van der Waals surface area contributed by atoms with Crippen LogP contribution in [0.3, 0.4) is 0 Å². The second kappa shape index (κ2) is 6.45. The summed E-state index contributed by atoms with van der Waals surface area (Å²) in [5.74, 6) is 0.982. The van der Waals surface area contributed by atoms with Crippen LogP contribution in [0.25, 0.3) is 11.5 Å². The largest absolute Gasteiger partial charge is 0.398 e. The van der Waals surface area contributed by atoms with Gasteiger partial charge in [0.1, 0.15) is 5.60 Å². The van der Waals surface area contributed by atoms with Gasteiger partial charge in [0.2, 0.25) is 5.82 Å². The standard InChI is InChI=1S/C15H20ClN3O2/c1-4-15(5-2,20-6-3)14-18-13(21-19-14)10-7-8-12(17)11(16)9-10/h7-9H,4-6,17H2,1-3H3. The van der Waals surface area contributed by atoms with Crippen LogP contribution in [-0.4, -0.2) is 16.7 Å². The van der Waals surface area contributed by atoms with Crippen molar-refractivity contribution in [1.82, 2.24) is 10.1 Å². The van der Waals surface area contributed by atoms with Gasteiger partial charge >= 0.3 is 0 Å². The number of halogens is 1. The highest BCUT2D eigenvalue weighted by molar-refractivity contribution is 6.33. The summed E-state index contributed by atoms with van der Waals surface area (Å²) < 4.78 is 11.2. The lowest BCUT2D eigenvalue weighted by molar-refractivity contribution is -0.0583. The molecule has 1 aromatic heterocycles. The predicted molar refractivity (Wildman–Crippen MR) is 83.0 cm³/mol. The van der Waals surface area contributed by atoms with E-state index < -0.39 is 5.60 Å². The molecule has 0 saturated heterocycles. The molecule has 0 spiro atoms. The Morgan fingerprint density at radius 3 is 2.57 bits per heavy atom. The molecule has 2 N–H and O–H groups in total. The Balaban J connectivity index is 2.38. The number of rotatable bonds is 6. The van der Waals surface area contributed by atoms with Crippen molar-refractivity contribution in [3.05, 3.63) is 29.0 Å². The van der Waals surface area contributed by atoms with Crippen molar-refractivity contribution in [3.8, 4) is 11.5 Å². The fraction of sp³-hybridized carbons (Fsp3) is 0.467. The Bertz CT molecular complexity index is 609. The molecule has 2 aromatic rings. The second-order valence-corrected chi connectivity index (χ2v) is 5.20. The number of nitrogen functional groups attached to an aromatic ring is 1. The maximum atomic E-state index is 6.03. The first kappa shape index (κ1) is 15.8. The Kier molecular flexibility index (Phi) is 4.85. The topological polar surface area (TPSA) is 74.2 Å². The van der Waals surface area contributed by atoms with Gasteiger partial charge < -0.3 is 15.0 Å². The van der Waals surface area contributed by atoms with Gasteiger partial charge in [-0.3, -0.25) is 0 Å². The van der Waals surface area contributed by atoms with E-state index in [9.17, 15) is 0 Å². The van der Waals surface area contributed by atoms with Crippen molar-refractivity contribution in [1.29, 1.82) is 0 Å². The van der Waals surface area contributed by atoms with Gasteiger partial charge in [-0.15, -0.1) is 0 Å². The van der Waals surface area contributed by atoms with Crippen LogP contribution in [-0.2, 0) is 10.3 Å². The number of hydrogen-bond acceptors (Lipinski definition) is 5. The minimum absolute atomic E-state index is 0.415. The van der Waals surface area contributed by atoms with Gasteiger partial charge in [-0.25, -0.2) is 0 Å².